The third kappa shape index (κ3) is 9.01. The summed E-state index contributed by atoms with van der Waals surface area (Å²) >= 11 is 0. The third-order valence-electron chi connectivity index (χ3n) is 9.47. The van der Waals surface area contributed by atoms with Crippen molar-refractivity contribution in [2.75, 3.05) is 37.0 Å². The van der Waals surface area contributed by atoms with E-state index in [1.807, 2.05) is 59.8 Å². The average molecular weight is 669 g/mol. The maximum Gasteiger partial charge on any atom is 0.323 e. The Morgan fingerprint density at radius 2 is 1.83 bits per heavy atom. The molecule has 1 aromatic carbocycles. The lowest BCUT2D eigenvalue weighted by Crippen LogP contribution is -2.46. The number of fused-ring (bicyclic) bond motifs is 1. The quantitative estimate of drug-likeness (QED) is 0.201. The number of anilines is 1. The molecule has 12 nitrogen and oxygen atoms in total. The molecule has 1 amide bonds. The molecule has 2 aromatic heterocycles. The Bertz CT molecular complexity index is 1630. The maximum atomic E-state index is 13.3. The highest BCUT2D eigenvalue weighted by Crippen LogP contribution is 2.31. The van der Waals surface area contributed by atoms with Gasteiger partial charge in [0.2, 0.25) is 11.9 Å². The topological polar surface area (TPSA) is 159 Å². The Hall–Kier alpha value is -3.71. The summed E-state index contributed by atoms with van der Waals surface area (Å²) in [6, 6.07) is 9.16. The van der Waals surface area contributed by atoms with Gasteiger partial charge in [0, 0.05) is 61.9 Å². The Balaban J connectivity index is 1.10. The first-order valence-corrected chi connectivity index (χ1v) is 18.8. The highest BCUT2D eigenvalue weighted by molar-refractivity contribution is 7.90. The van der Waals surface area contributed by atoms with Crippen molar-refractivity contribution in [3.63, 3.8) is 0 Å². The molecule has 256 valence electrons. The zero-order valence-corrected chi connectivity index (χ0v) is 28.5. The summed E-state index contributed by atoms with van der Waals surface area (Å²) in [7, 11) is -3.03. The summed E-state index contributed by atoms with van der Waals surface area (Å²) in [6.45, 7) is 5.47. The molecule has 0 bridgehead atoms. The first kappa shape index (κ1) is 34.6. The van der Waals surface area contributed by atoms with E-state index in [0.717, 1.165) is 43.0 Å². The SMILES string of the molecule is CC[C@H](C)[C@@H](N)C(=O)OC1CCN(C(=O)[C@H]2CC[C@H](Nc3nccc(-n4ccc5c(OCCCS(C)(=O)=O)cccc54)n3)CC2)CC1. The number of piperidine rings is 1. The van der Waals surface area contributed by atoms with Gasteiger partial charge in [0.25, 0.3) is 0 Å². The molecule has 1 aliphatic heterocycles. The zero-order chi connectivity index (χ0) is 33.6. The van der Waals surface area contributed by atoms with Gasteiger partial charge in [-0.15, -0.1) is 0 Å². The van der Waals surface area contributed by atoms with Gasteiger partial charge < -0.3 is 30.0 Å². The van der Waals surface area contributed by atoms with Crippen LogP contribution in [0.15, 0.2) is 42.7 Å². The van der Waals surface area contributed by atoms with Crippen molar-refractivity contribution in [1.82, 2.24) is 19.4 Å². The molecule has 3 heterocycles. The minimum atomic E-state index is -3.03. The second-order valence-electron chi connectivity index (χ2n) is 13.0. The van der Waals surface area contributed by atoms with Gasteiger partial charge in [0.15, 0.2) is 0 Å². The van der Waals surface area contributed by atoms with Gasteiger partial charge in [0.1, 0.15) is 33.6 Å². The van der Waals surface area contributed by atoms with Crippen LogP contribution in [0.4, 0.5) is 5.95 Å². The molecule has 1 aliphatic carbocycles. The first-order chi connectivity index (χ1) is 22.5. The van der Waals surface area contributed by atoms with Gasteiger partial charge in [-0.3, -0.25) is 9.59 Å². The Kier molecular flexibility index (Phi) is 11.4. The van der Waals surface area contributed by atoms with Gasteiger partial charge >= 0.3 is 5.97 Å². The molecule has 0 spiro atoms. The number of aromatic nitrogens is 3. The fraction of sp³-hybridized carbons (Fsp3) is 0.588. The Labute approximate surface area is 277 Å². The van der Waals surface area contributed by atoms with E-state index < -0.39 is 15.9 Å². The number of hydrogen-bond acceptors (Lipinski definition) is 10. The molecule has 13 heteroatoms. The first-order valence-electron chi connectivity index (χ1n) is 16.8. The predicted molar refractivity (Wildman–Crippen MR) is 181 cm³/mol. The van der Waals surface area contributed by atoms with E-state index >= 15 is 0 Å². The van der Waals surface area contributed by atoms with E-state index in [9.17, 15) is 18.0 Å². The molecule has 0 unspecified atom stereocenters. The van der Waals surface area contributed by atoms with Crippen LogP contribution in [0.2, 0.25) is 0 Å². The van der Waals surface area contributed by atoms with Gasteiger partial charge in [0.05, 0.1) is 17.9 Å². The van der Waals surface area contributed by atoms with E-state index in [2.05, 4.69) is 10.3 Å². The maximum absolute atomic E-state index is 13.3. The van der Waals surface area contributed by atoms with Crippen LogP contribution in [0.25, 0.3) is 16.7 Å². The molecule has 1 saturated carbocycles. The molecule has 2 atom stereocenters. The number of nitrogens with two attached hydrogens (primary N) is 1. The van der Waals surface area contributed by atoms with Crippen molar-refractivity contribution in [2.24, 2.45) is 17.6 Å². The molecule has 47 heavy (non-hydrogen) atoms. The van der Waals surface area contributed by atoms with E-state index in [1.54, 1.807) is 6.20 Å². The summed E-state index contributed by atoms with van der Waals surface area (Å²) in [4.78, 5) is 36.9. The smallest absolute Gasteiger partial charge is 0.323 e. The lowest BCUT2D eigenvalue weighted by molar-refractivity contribution is -0.155. The minimum absolute atomic E-state index is 0.00717. The van der Waals surface area contributed by atoms with E-state index in [1.165, 1.54) is 6.26 Å². The van der Waals surface area contributed by atoms with Crippen LogP contribution >= 0.6 is 0 Å². The summed E-state index contributed by atoms with van der Waals surface area (Å²) in [6.07, 6.45) is 10.5. The number of hydrogen-bond donors (Lipinski definition) is 2. The van der Waals surface area contributed by atoms with Crippen LogP contribution in [0.3, 0.4) is 0 Å². The lowest BCUT2D eigenvalue weighted by Gasteiger charge is -2.36. The van der Waals surface area contributed by atoms with Crippen molar-refractivity contribution < 1.29 is 27.5 Å². The summed E-state index contributed by atoms with van der Waals surface area (Å²) in [5.41, 5.74) is 6.95. The number of nitrogens with zero attached hydrogens (tertiary/aromatic N) is 4. The van der Waals surface area contributed by atoms with Crippen molar-refractivity contribution in [1.29, 1.82) is 0 Å². The normalized spacial score (nSPS) is 20.5. The van der Waals surface area contributed by atoms with Gasteiger partial charge in [-0.25, -0.2) is 13.4 Å². The van der Waals surface area contributed by atoms with Crippen molar-refractivity contribution in [2.45, 2.75) is 83.4 Å². The zero-order valence-electron chi connectivity index (χ0n) is 27.6. The van der Waals surface area contributed by atoms with Crippen LogP contribution in [0, 0.1) is 11.8 Å². The van der Waals surface area contributed by atoms with Crippen molar-refractivity contribution >= 4 is 38.6 Å². The third-order valence-corrected chi connectivity index (χ3v) is 10.5. The van der Waals surface area contributed by atoms with Crippen LogP contribution in [0.1, 0.15) is 65.2 Å². The molecule has 2 fully saturated rings. The molecule has 5 rings (SSSR count). The number of amides is 1. The van der Waals surface area contributed by atoms with E-state index in [0.29, 0.717) is 56.5 Å². The molecule has 1 saturated heterocycles. The van der Waals surface area contributed by atoms with Crippen LogP contribution in [-0.2, 0) is 24.2 Å². The Morgan fingerprint density at radius 1 is 1.09 bits per heavy atom. The molecular formula is C34H48N6O6S. The number of nitrogens with one attached hydrogen (secondary N) is 1. The van der Waals surface area contributed by atoms with E-state index in [-0.39, 0.29) is 41.6 Å². The van der Waals surface area contributed by atoms with Crippen molar-refractivity contribution in [3.8, 4) is 11.6 Å². The highest BCUT2D eigenvalue weighted by Gasteiger charge is 2.33. The molecule has 0 radical (unpaired) electrons. The van der Waals surface area contributed by atoms with Crippen LogP contribution in [0.5, 0.6) is 5.75 Å². The summed E-state index contributed by atoms with van der Waals surface area (Å²) < 4.78 is 36.4. The Morgan fingerprint density at radius 3 is 2.53 bits per heavy atom. The molecular weight excluding hydrogens is 620 g/mol. The average Bonchev–Trinajstić information content (AvgIpc) is 3.51. The predicted octanol–water partition coefficient (Wildman–Crippen LogP) is 4.11. The second-order valence-corrected chi connectivity index (χ2v) is 15.3. The second kappa shape index (κ2) is 15.5. The van der Waals surface area contributed by atoms with E-state index in [4.69, 9.17) is 20.2 Å². The molecule has 3 aromatic rings. The number of benzene rings is 1. The monoisotopic (exact) mass is 668 g/mol. The largest absolute Gasteiger partial charge is 0.493 e. The fourth-order valence-electron chi connectivity index (χ4n) is 6.37. The number of ether oxygens (including phenoxy) is 2. The summed E-state index contributed by atoms with van der Waals surface area (Å²) in [5, 5.41) is 4.40. The van der Waals surface area contributed by atoms with Crippen LogP contribution < -0.4 is 15.8 Å². The standard InChI is InChI=1S/C34H48N6O6S/c1-4-23(2)31(35)33(42)46-26-14-18-39(19-15-26)32(41)24-9-11-25(12-10-24)37-34-36-17-13-30(38-34)40-20-16-27-28(40)7-5-8-29(27)45-21-6-22-47(3,43)44/h5,7-8,13,16-17,20,23-26,31H,4,6,9-12,14-15,18-19,21-22,35H2,1-3H3,(H,36,37,38)/t23-,24-,25-,31+/m0/s1. The minimum Gasteiger partial charge on any atom is -0.493 e. The number of likely N-dealkylation sites (tertiary alicyclic amines) is 1. The number of rotatable bonds is 13. The summed E-state index contributed by atoms with van der Waals surface area (Å²) in [5.74, 6) is 1.96. The number of sulfone groups is 1. The lowest BCUT2D eigenvalue weighted by atomic mass is 9.85. The van der Waals surface area contributed by atoms with Gasteiger partial charge in [-0.05, 0) is 62.3 Å². The van der Waals surface area contributed by atoms with Gasteiger partial charge in [-0.1, -0.05) is 26.3 Å². The van der Waals surface area contributed by atoms with Gasteiger partial charge in [-0.2, -0.15) is 4.98 Å². The molecule has 3 N–H and O–H groups in total. The number of carbonyl (C=O) groups excluding carboxylic acids is 2. The van der Waals surface area contributed by atoms with Crippen LogP contribution in [-0.4, -0.2) is 89.6 Å². The molecule has 2 aliphatic rings. The fourth-order valence-corrected chi connectivity index (χ4v) is 7.01. The number of esters is 1. The number of carbonyl (C=O) groups is 2. The highest BCUT2D eigenvalue weighted by atomic mass is 32.2. The van der Waals surface area contributed by atoms with Crippen molar-refractivity contribution in [3.05, 3.63) is 42.7 Å².